The molecule has 1 unspecified atom stereocenters. The molecule has 1 atom stereocenters. The Hall–Kier alpha value is -1.10. The molecule has 2 N–H and O–H groups in total. The number of hydrogen-bond acceptors (Lipinski definition) is 3. The zero-order valence-electron chi connectivity index (χ0n) is 8.07. The van der Waals surface area contributed by atoms with Gasteiger partial charge in [-0.25, -0.2) is 4.79 Å². The molecule has 0 aliphatic carbocycles. The molecule has 4 nitrogen and oxygen atoms in total. The van der Waals surface area contributed by atoms with E-state index in [0.717, 1.165) is 17.3 Å². The predicted molar refractivity (Wildman–Crippen MR) is 56.2 cm³/mol. The molecule has 1 aliphatic heterocycles. The average molecular weight is 212 g/mol. The Bertz CT molecular complexity index is 386. The van der Waals surface area contributed by atoms with E-state index >= 15 is 0 Å². The molecule has 2 heterocycles. The van der Waals surface area contributed by atoms with Crippen molar-refractivity contribution < 1.29 is 9.90 Å². The van der Waals surface area contributed by atoms with E-state index in [1.54, 1.807) is 29.4 Å². The van der Waals surface area contributed by atoms with Crippen LogP contribution in [0.25, 0.3) is 0 Å². The first-order valence-corrected chi connectivity index (χ1v) is 5.31. The summed E-state index contributed by atoms with van der Waals surface area (Å²) in [7, 11) is 1.77. The van der Waals surface area contributed by atoms with E-state index in [0.29, 0.717) is 10.9 Å². The fourth-order valence-electron chi connectivity index (χ4n) is 1.57. The highest BCUT2D eigenvalue weighted by atomic mass is 32.2. The second kappa shape index (κ2) is 3.24. The Morgan fingerprint density at radius 3 is 3.14 bits per heavy atom. The third-order valence-corrected chi connectivity index (χ3v) is 3.44. The highest BCUT2D eigenvalue weighted by Crippen LogP contribution is 2.36. The number of fused-ring (bicyclic) bond motifs is 1. The number of hydrogen-bond donors (Lipinski definition) is 2. The van der Waals surface area contributed by atoms with Crippen LogP contribution in [0.15, 0.2) is 11.0 Å². The third kappa shape index (κ3) is 1.37. The number of carboxylic acid groups (broad SMARTS) is 1. The van der Waals surface area contributed by atoms with Gasteiger partial charge in [0.1, 0.15) is 11.5 Å². The zero-order valence-corrected chi connectivity index (χ0v) is 8.89. The average Bonchev–Trinajstić information content (AvgIpc) is 2.43. The highest BCUT2D eigenvalue weighted by Gasteiger charge is 2.22. The number of rotatable bonds is 1. The molecule has 5 heteroatoms. The second-order valence-corrected chi connectivity index (χ2v) is 4.90. The first kappa shape index (κ1) is 9.45. The van der Waals surface area contributed by atoms with Gasteiger partial charge in [0, 0.05) is 18.8 Å². The van der Waals surface area contributed by atoms with E-state index in [1.165, 1.54) is 0 Å². The SMILES string of the molecule is CC1CNc2c(cc(C(=O)O)n2C)S1. The largest absolute Gasteiger partial charge is 0.477 e. The van der Waals surface area contributed by atoms with Crippen LogP contribution >= 0.6 is 11.8 Å². The van der Waals surface area contributed by atoms with Gasteiger partial charge in [0.2, 0.25) is 0 Å². The van der Waals surface area contributed by atoms with Crippen molar-refractivity contribution in [2.75, 3.05) is 11.9 Å². The van der Waals surface area contributed by atoms with Crippen molar-refractivity contribution in [3.8, 4) is 0 Å². The topological polar surface area (TPSA) is 54.3 Å². The fraction of sp³-hybridized carbons (Fsp3) is 0.444. The molecule has 0 saturated carbocycles. The van der Waals surface area contributed by atoms with Crippen LogP contribution in [-0.2, 0) is 7.05 Å². The quantitative estimate of drug-likeness (QED) is 0.743. The summed E-state index contributed by atoms with van der Waals surface area (Å²) in [5, 5.41) is 12.6. The first-order chi connectivity index (χ1) is 6.59. The van der Waals surface area contributed by atoms with Gasteiger partial charge in [0.25, 0.3) is 0 Å². The normalized spacial score (nSPS) is 20.0. The molecule has 0 spiro atoms. The Morgan fingerprint density at radius 1 is 1.79 bits per heavy atom. The van der Waals surface area contributed by atoms with E-state index in [-0.39, 0.29) is 0 Å². The van der Waals surface area contributed by atoms with Gasteiger partial charge in [0.05, 0.1) is 4.90 Å². The van der Waals surface area contributed by atoms with Crippen LogP contribution in [0.3, 0.4) is 0 Å². The number of nitrogens with zero attached hydrogens (tertiary/aromatic N) is 1. The third-order valence-electron chi connectivity index (χ3n) is 2.30. The summed E-state index contributed by atoms with van der Waals surface area (Å²) in [6.45, 7) is 3.00. The molecule has 0 radical (unpaired) electrons. The zero-order chi connectivity index (χ0) is 10.3. The molecule has 14 heavy (non-hydrogen) atoms. The van der Waals surface area contributed by atoms with Gasteiger partial charge >= 0.3 is 5.97 Å². The van der Waals surface area contributed by atoms with Gasteiger partial charge in [-0.05, 0) is 6.07 Å². The van der Waals surface area contributed by atoms with E-state index < -0.39 is 5.97 Å². The van der Waals surface area contributed by atoms with Gasteiger partial charge in [-0.3, -0.25) is 0 Å². The van der Waals surface area contributed by atoms with Gasteiger partial charge in [-0.1, -0.05) is 6.92 Å². The number of aromatic carboxylic acids is 1. The number of carboxylic acids is 1. The number of aromatic nitrogens is 1. The maximum atomic E-state index is 10.9. The van der Waals surface area contributed by atoms with Crippen LogP contribution in [0.1, 0.15) is 17.4 Å². The summed E-state index contributed by atoms with van der Waals surface area (Å²) in [6.07, 6.45) is 0. The van der Waals surface area contributed by atoms with Gasteiger partial charge in [-0.15, -0.1) is 11.8 Å². The van der Waals surface area contributed by atoms with Crippen LogP contribution in [0.2, 0.25) is 0 Å². The Kier molecular flexibility index (Phi) is 2.19. The summed E-state index contributed by atoms with van der Waals surface area (Å²) < 4.78 is 1.69. The molecular weight excluding hydrogens is 200 g/mol. The van der Waals surface area contributed by atoms with Crippen LogP contribution < -0.4 is 5.32 Å². The van der Waals surface area contributed by atoms with Crippen molar-refractivity contribution in [3.63, 3.8) is 0 Å². The van der Waals surface area contributed by atoms with Crippen molar-refractivity contribution >= 4 is 23.5 Å². The predicted octanol–water partition coefficient (Wildman–Crippen LogP) is 1.63. The maximum Gasteiger partial charge on any atom is 0.352 e. The molecular formula is C9H12N2O2S. The minimum atomic E-state index is -0.878. The van der Waals surface area contributed by atoms with Crippen LogP contribution in [0.5, 0.6) is 0 Å². The van der Waals surface area contributed by atoms with Crippen molar-refractivity contribution in [1.82, 2.24) is 4.57 Å². The van der Waals surface area contributed by atoms with Gasteiger partial charge in [0.15, 0.2) is 0 Å². The molecule has 1 aliphatic rings. The number of thioether (sulfide) groups is 1. The monoisotopic (exact) mass is 212 g/mol. The van der Waals surface area contributed by atoms with Crippen molar-refractivity contribution in [2.24, 2.45) is 7.05 Å². The summed E-state index contributed by atoms with van der Waals surface area (Å²) in [5.41, 5.74) is 0.337. The summed E-state index contributed by atoms with van der Waals surface area (Å²) in [6, 6.07) is 1.73. The van der Waals surface area contributed by atoms with Gasteiger partial charge in [-0.2, -0.15) is 0 Å². The van der Waals surface area contributed by atoms with E-state index in [9.17, 15) is 4.79 Å². The fourth-order valence-corrected chi connectivity index (χ4v) is 2.68. The lowest BCUT2D eigenvalue weighted by Gasteiger charge is -2.20. The molecule has 0 fully saturated rings. The highest BCUT2D eigenvalue weighted by molar-refractivity contribution is 8.00. The minimum absolute atomic E-state index is 0.337. The molecule has 1 aromatic heterocycles. The molecule has 0 bridgehead atoms. The lowest BCUT2D eigenvalue weighted by molar-refractivity contribution is 0.0686. The van der Waals surface area contributed by atoms with E-state index in [1.807, 2.05) is 0 Å². The molecule has 1 aromatic rings. The lowest BCUT2D eigenvalue weighted by atomic mass is 10.4. The van der Waals surface area contributed by atoms with Gasteiger partial charge < -0.3 is 15.0 Å². The van der Waals surface area contributed by atoms with Crippen molar-refractivity contribution in [2.45, 2.75) is 17.1 Å². The molecule has 0 saturated heterocycles. The van der Waals surface area contributed by atoms with E-state index in [2.05, 4.69) is 12.2 Å². The van der Waals surface area contributed by atoms with Crippen molar-refractivity contribution in [1.29, 1.82) is 0 Å². The lowest BCUT2D eigenvalue weighted by Crippen LogP contribution is -2.19. The minimum Gasteiger partial charge on any atom is -0.477 e. The molecule has 0 amide bonds. The standard InChI is InChI=1S/C9H12N2O2S/c1-5-4-10-8-7(14-5)3-6(9(12)13)11(8)2/h3,5,10H,4H2,1-2H3,(H,12,13). The Morgan fingerprint density at radius 2 is 2.50 bits per heavy atom. The number of anilines is 1. The van der Waals surface area contributed by atoms with Crippen molar-refractivity contribution in [3.05, 3.63) is 11.8 Å². The van der Waals surface area contributed by atoms with E-state index in [4.69, 9.17) is 5.11 Å². The summed E-state index contributed by atoms with van der Waals surface area (Å²) in [5.74, 6) is 0.0439. The second-order valence-electron chi connectivity index (χ2n) is 3.42. The van der Waals surface area contributed by atoms with Crippen LogP contribution in [0, 0.1) is 0 Å². The summed E-state index contributed by atoms with van der Waals surface area (Å²) >= 11 is 1.72. The van der Waals surface area contributed by atoms with Crippen LogP contribution in [-0.4, -0.2) is 27.4 Å². The first-order valence-electron chi connectivity index (χ1n) is 4.43. The molecule has 76 valence electrons. The maximum absolute atomic E-state index is 10.9. The smallest absolute Gasteiger partial charge is 0.352 e. The Labute approximate surface area is 86.3 Å². The number of carbonyl (C=O) groups is 1. The number of nitrogens with one attached hydrogen (secondary N) is 1. The summed E-state index contributed by atoms with van der Waals surface area (Å²) in [4.78, 5) is 11.9. The molecule has 0 aromatic carbocycles. The van der Waals surface area contributed by atoms with Crippen LogP contribution in [0.4, 0.5) is 5.82 Å². The molecule has 2 rings (SSSR count). The Balaban J connectivity index is 2.45.